The number of methoxy groups -OCH3 is 1. The minimum Gasteiger partial charge on any atom is -0.475 e. The number of halogens is 3. The summed E-state index contributed by atoms with van der Waals surface area (Å²) < 4.78 is 36.9. The van der Waals surface area contributed by atoms with Gasteiger partial charge < -0.3 is 9.84 Å². The van der Waals surface area contributed by atoms with Crippen LogP contribution in [0.2, 0.25) is 0 Å². The van der Waals surface area contributed by atoms with Crippen molar-refractivity contribution in [1.29, 1.82) is 0 Å². The number of rotatable bonds is 6. The molecule has 2 fully saturated rings. The average Bonchev–Trinajstić information content (AvgIpc) is 3.36. The number of carbonyl (C=O) groups is 4. The number of likely N-dealkylation sites (tertiary alicyclic amines) is 1. The van der Waals surface area contributed by atoms with Gasteiger partial charge in [0.05, 0.1) is 18.9 Å². The third kappa shape index (κ3) is 5.83. The van der Waals surface area contributed by atoms with Crippen LogP contribution in [0.4, 0.5) is 13.2 Å². The van der Waals surface area contributed by atoms with Gasteiger partial charge in [-0.1, -0.05) is 68.4 Å². The average molecular weight is 549 g/mol. The van der Waals surface area contributed by atoms with E-state index in [0.717, 1.165) is 16.7 Å². The molecule has 39 heavy (non-hydrogen) atoms. The molecule has 2 N–H and O–H groups in total. The third-order valence-corrected chi connectivity index (χ3v) is 6.96. The van der Waals surface area contributed by atoms with Crippen molar-refractivity contribution in [1.82, 2.24) is 10.2 Å². The number of benzene rings is 2. The molecule has 2 saturated heterocycles. The number of ether oxygens (including phenoxy) is 1. The number of hydrogen-bond donors (Lipinski definition) is 2. The van der Waals surface area contributed by atoms with Crippen molar-refractivity contribution in [2.24, 2.45) is 17.8 Å². The van der Waals surface area contributed by atoms with Crippen molar-refractivity contribution in [2.75, 3.05) is 13.7 Å². The predicted molar refractivity (Wildman–Crippen MR) is 135 cm³/mol. The second-order valence-corrected chi connectivity index (χ2v) is 9.90. The van der Waals surface area contributed by atoms with E-state index in [0.29, 0.717) is 13.0 Å². The molecule has 0 saturated carbocycles. The van der Waals surface area contributed by atoms with E-state index in [-0.39, 0.29) is 17.7 Å². The first-order valence-corrected chi connectivity index (χ1v) is 12.4. The highest BCUT2D eigenvalue weighted by atomic mass is 19.4. The fourth-order valence-corrected chi connectivity index (χ4v) is 5.46. The van der Waals surface area contributed by atoms with Crippen LogP contribution in [-0.2, 0) is 23.9 Å². The van der Waals surface area contributed by atoms with Crippen molar-refractivity contribution in [2.45, 2.75) is 44.9 Å². The van der Waals surface area contributed by atoms with Gasteiger partial charge in [0.1, 0.15) is 5.54 Å². The second-order valence-electron chi connectivity index (χ2n) is 9.90. The van der Waals surface area contributed by atoms with E-state index >= 15 is 0 Å². The van der Waals surface area contributed by atoms with Crippen LogP contribution >= 0.6 is 0 Å². The van der Waals surface area contributed by atoms with Crippen molar-refractivity contribution < 1.29 is 42.2 Å². The number of fused-ring (bicyclic) bond motifs is 1. The van der Waals surface area contributed by atoms with Crippen molar-refractivity contribution in [3.05, 3.63) is 60.2 Å². The van der Waals surface area contributed by atoms with Gasteiger partial charge in [-0.2, -0.15) is 13.2 Å². The molecule has 8 nitrogen and oxygen atoms in total. The molecule has 0 aliphatic carbocycles. The third-order valence-electron chi connectivity index (χ3n) is 6.96. The smallest absolute Gasteiger partial charge is 0.475 e. The topological polar surface area (TPSA) is 113 Å². The molecule has 2 aliphatic heterocycles. The SMILES string of the molecule is CCN1C(=O)[C@H]2[C@@H](c3ccc(-c4ccccc4)cc3)N[C@@](CC(C)C)(C(=O)OC)[C@H]2C1=O.O=C(O)C(F)(F)F. The Balaban J connectivity index is 0.000000532. The molecule has 0 bridgehead atoms. The standard InChI is InChI=1S/C26H30N2O4.C2HF3O2/c1-5-28-23(29)20-21(24(28)30)26(15-16(2)3,25(31)32-4)27-22(20)19-13-11-18(12-14-19)17-9-7-6-8-10-17;3-2(4,5)1(6)7/h6-14,16,20-22,27H,5,15H2,1-4H3;(H,6,7)/t20-,21-,22-,26-;/m1./s1. The minimum atomic E-state index is -5.08. The molecule has 210 valence electrons. The fraction of sp³-hybridized carbons (Fsp3) is 0.429. The number of amides is 2. The van der Waals surface area contributed by atoms with Gasteiger partial charge in [0.25, 0.3) is 0 Å². The normalized spacial score (nSPS) is 24.3. The number of alkyl halides is 3. The highest BCUT2D eigenvalue weighted by Crippen LogP contribution is 2.51. The lowest BCUT2D eigenvalue weighted by Crippen LogP contribution is -2.57. The molecular formula is C28H31F3N2O6. The molecule has 0 unspecified atom stereocenters. The van der Waals surface area contributed by atoms with Gasteiger partial charge in [0.2, 0.25) is 11.8 Å². The van der Waals surface area contributed by atoms with Gasteiger partial charge in [0.15, 0.2) is 0 Å². The lowest BCUT2D eigenvalue weighted by Gasteiger charge is -2.33. The van der Waals surface area contributed by atoms with Crippen molar-refractivity contribution >= 4 is 23.8 Å². The highest BCUT2D eigenvalue weighted by Gasteiger charge is 2.68. The first kappa shape index (κ1) is 29.8. The van der Waals surface area contributed by atoms with Gasteiger partial charge in [-0.25, -0.2) is 4.79 Å². The van der Waals surface area contributed by atoms with E-state index in [1.165, 1.54) is 12.0 Å². The van der Waals surface area contributed by atoms with Gasteiger partial charge in [-0.15, -0.1) is 0 Å². The van der Waals surface area contributed by atoms with Crippen LogP contribution in [0.15, 0.2) is 54.6 Å². The molecular weight excluding hydrogens is 517 g/mol. The number of aliphatic carboxylic acids is 1. The first-order valence-electron chi connectivity index (χ1n) is 12.4. The fourth-order valence-electron chi connectivity index (χ4n) is 5.46. The Kier molecular flexibility index (Phi) is 8.84. The number of esters is 1. The van der Waals surface area contributed by atoms with E-state index in [1.54, 1.807) is 6.92 Å². The molecule has 2 amide bonds. The molecule has 0 spiro atoms. The zero-order valence-corrected chi connectivity index (χ0v) is 22.0. The summed E-state index contributed by atoms with van der Waals surface area (Å²) in [5, 5.41) is 10.6. The Morgan fingerprint density at radius 2 is 1.56 bits per heavy atom. The first-order chi connectivity index (χ1) is 18.3. The van der Waals surface area contributed by atoms with Gasteiger partial charge in [-0.05, 0) is 36.0 Å². The lowest BCUT2D eigenvalue weighted by molar-refractivity contribution is -0.192. The maximum atomic E-state index is 13.3. The summed E-state index contributed by atoms with van der Waals surface area (Å²) in [6.07, 6.45) is -4.67. The van der Waals surface area contributed by atoms with Crippen LogP contribution in [0.5, 0.6) is 0 Å². The van der Waals surface area contributed by atoms with Crippen LogP contribution in [-0.4, -0.2) is 59.1 Å². The summed E-state index contributed by atoms with van der Waals surface area (Å²) in [5.41, 5.74) is 1.82. The summed E-state index contributed by atoms with van der Waals surface area (Å²) in [5.74, 6) is -5.03. The number of carboxylic acids is 1. The molecule has 11 heteroatoms. The predicted octanol–water partition coefficient (Wildman–Crippen LogP) is 4.21. The number of hydrogen-bond acceptors (Lipinski definition) is 6. The Labute approximate surface area is 224 Å². The summed E-state index contributed by atoms with van der Waals surface area (Å²) in [6.45, 7) is 6.09. The maximum absolute atomic E-state index is 13.3. The van der Waals surface area contributed by atoms with Crippen LogP contribution < -0.4 is 5.32 Å². The maximum Gasteiger partial charge on any atom is 0.490 e. The summed E-state index contributed by atoms with van der Waals surface area (Å²) in [4.78, 5) is 49.9. The van der Waals surface area contributed by atoms with Crippen molar-refractivity contribution in [3.8, 4) is 11.1 Å². The Hall–Kier alpha value is -3.73. The highest BCUT2D eigenvalue weighted by molar-refractivity contribution is 6.09. The zero-order valence-electron chi connectivity index (χ0n) is 22.0. The number of nitrogens with one attached hydrogen (secondary N) is 1. The molecule has 4 atom stereocenters. The van der Waals surface area contributed by atoms with Crippen LogP contribution in [0.1, 0.15) is 38.8 Å². The molecule has 0 radical (unpaired) electrons. The zero-order chi connectivity index (χ0) is 29.1. The largest absolute Gasteiger partial charge is 0.490 e. The van der Waals surface area contributed by atoms with Crippen molar-refractivity contribution in [3.63, 3.8) is 0 Å². The number of imide groups is 1. The summed E-state index contributed by atoms with van der Waals surface area (Å²) in [7, 11) is 1.34. The van der Waals surface area contributed by atoms with Gasteiger partial charge >= 0.3 is 18.1 Å². The number of nitrogens with zero attached hydrogens (tertiary/aromatic N) is 1. The van der Waals surface area contributed by atoms with E-state index in [1.807, 2.05) is 68.4 Å². The summed E-state index contributed by atoms with van der Waals surface area (Å²) in [6, 6.07) is 17.6. The second kappa shape index (κ2) is 11.6. The summed E-state index contributed by atoms with van der Waals surface area (Å²) >= 11 is 0. The molecule has 2 aliphatic rings. The molecule has 2 aromatic carbocycles. The lowest BCUT2D eigenvalue weighted by atomic mass is 9.75. The molecule has 4 rings (SSSR count). The number of carbonyl (C=O) groups excluding carboxylic acids is 3. The monoisotopic (exact) mass is 548 g/mol. The Morgan fingerprint density at radius 3 is 2.03 bits per heavy atom. The van der Waals surface area contributed by atoms with Crippen LogP contribution in [0.3, 0.4) is 0 Å². The Bertz CT molecular complexity index is 1220. The molecule has 2 heterocycles. The van der Waals surface area contributed by atoms with Crippen LogP contribution in [0, 0.1) is 17.8 Å². The number of carboxylic acid groups (broad SMARTS) is 1. The quantitative estimate of drug-likeness (QED) is 0.411. The van der Waals surface area contributed by atoms with Crippen LogP contribution in [0.25, 0.3) is 11.1 Å². The molecule has 0 aromatic heterocycles. The van der Waals surface area contributed by atoms with Gasteiger partial charge in [0, 0.05) is 12.6 Å². The minimum absolute atomic E-state index is 0.125. The Morgan fingerprint density at radius 1 is 1.03 bits per heavy atom. The van der Waals surface area contributed by atoms with E-state index < -0.39 is 41.5 Å². The van der Waals surface area contributed by atoms with E-state index in [9.17, 15) is 27.6 Å². The van der Waals surface area contributed by atoms with E-state index in [2.05, 4.69) is 5.32 Å². The van der Waals surface area contributed by atoms with Gasteiger partial charge in [-0.3, -0.25) is 24.6 Å². The molecule has 2 aromatic rings. The van der Waals surface area contributed by atoms with E-state index in [4.69, 9.17) is 14.6 Å².